The number of hydrogen-bond acceptors (Lipinski definition) is 6. The molecule has 2 aliphatic heterocycles. The first-order valence-corrected chi connectivity index (χ1v) is 13.2. The SMILES string of the molecule is CCc1cc(C)cc(OCCOc2ccc(C=C3C(=N)N4N=C(c5ccc(C)cc5)SC4=NC3=O)cc2)c1. The van der Waals surface area contributed by atoms with Gasteiger partial charge in [-0.2, -0.15) is 15.1 Å². The molecular weight excluding hydrogens is 496 g/mol. The topological polar surface area (TPSA) is 87.3 Å². The van der Waals surface area contributed by atoms with Crippen LogP contribution in [0.15, 0.2) is 82.4 Å². The average Bonchev–Trinajstić information content (AvgIpc) is 3.34. The third kappa shape index (κ3) is 5.70. The number of ether oxygens (including phenoxy) is 2. The Hall–Kier alpha value is -4.17. The molecule has 0 spiro atoms. The number of benzene rings is 3. The normalized spacial score (nSPS) is 15.9. The molecular formula is C30H28N4O3S. The molecule has 0 saturated heterocycles. The molecule has 7 nitrogen and oxygen atoms in total. The number of carbonyl (C=O) groups is 1. The fourth-order valence-corrected chi connectivity index (χ4v) is 4.96. The highest BCUT2D eigenvalue weighted by atomic mass is 32.2. The maximum atomic E-state index is 12.7. The van der Waals surface area contributed by atoms with Crippen molar-refractivity contribution < 1.29 is 14.3 Å². The fraction of sp³-hybridized carbons (Fsp3) is 0.200. The van der Waals surface area contributed by atoms with Gasteiger partial charge in [-0.15, -0.1) is 0 Å². The van der Waals surface area contributed by atoms with Gasteiger partial charge in [0.15, 0.2) is 5.84 Å². The van der Waals surface area contributed by atoms with E-state index in [0.29, 0.717) is 29.2 Å². The molecule has 1 amide bonds. The second-order valence-corrected chi connectivity index (χ2v) is 10.0. The van der Waals surface area contributed by atoms with Crippen molar-refractivity contribution >= 4 is 39.8 Å². The van der Waals surface area contributed by atoms with E-state index < -0.39 is 5.91 Å². The number of fused-ring (bicyclic) bond motifs is 1. The van der Waals surface area contributed by atoms with Crippen molar-refractivity contribution in [1.29, 1.82) is 5.41 Å². The highest BCUT2D eigenvalue weighted by Crippen LogP contribution is 2.31. The first-order chi connectivity index (χ1) is 18.4. The Morgan fingerprint density at radius 1 is 0.921 bits per heavy atom. The van der Waals surface area contributed by atoms with Gasteiger partial charge >= 0.3 is 0 Å². The Morgan fingerprint density at radius 3 is 2.34 bits per heavy atom. The quantitative estimate of drug-likeness (QED) is 0.289. The van der Waals surface area contributed by atoms with E-state index in [2.05, 4.69) is 36.1 Å². The first kappa shape index (κ1) is 25.5. The third-order valence-corrected chi connectivity index (χ3v) is 7.04. The number of carbonyl (C=O) groups excluding carboxylic acids is 1. The molecule has 2 aliphatic rings. The molecule has 0 aromatic heterocycles. The van der Waals surface area contributed by atoms with Crippen molar-refractivity contribution in [2.45, 2.75) is 27.2 Å². The van der Waals surface area contributed by atoms with Crippen LogP contribution >= 0.6 is 11.8 Å². The number of aryl methyl sites for hydroxylation is 3. The van der Waals surface area contributed by atoms with Gasteiger partial charge in [0.1, 0.15) is 29.8 Å². The largest absolute Gasteiger partial charge is 0.490 e. The highest BCUT2D eigenvalue weighted by molar-refractivity contribution is 8.27. The summed E-state index contributed by atoms with van der Waals surface area (Å²) in [7, 11) is 0. The van der Waals surface area contributed by atoms with Gasteiger partial charge in [-0.25, -0.2) is 0 Å². The molecule has 38 heavy (non-hydrogen) atoms. The second-order valence-electron chi connectivity index (χ2n) is 9.07. The smallest absolute Gasteiger partial charge is 0.283 e. The van der Waals surface area contributed by atoms with Crippen LogP contribution in [0.5, 0.6) is 11.5 Å². The summed E-state index contributed by atoms with van der Waals surface area (Å²) in [5, 5.41) is 15.7. The number of amides is 1. The molecule has 8 heteroatoms. The van der Waals surface area contributed by atoms with Crippen molar-refractivity contribution in [3.8, 4) is 11.5 Å². The Bertz CT molecular complexity index is 1470. The summed E-state index contributed by atoms with van der Waals surface area (Å²) in [6.07, 6.45) is 2.62. The van der Waals surface area contributed by atoms with Crippen molar-refractivity contribution in [2.75, 3.05) is 13.2 Å². The minimum atomic E-state index is -0.450. The summed E-state index contributed by atoms with van der Waals surface area (Å²) in [6, 6.07) is 21.6. The van der Waals surface area contributed by atoms with E-state index in [9.17, 15) is 4.79 Å². The third-order valence-electron chi connectivity index (χ3n) is 6.08. The van der Waals surface area contributed by atoms with E-state index >= 15 is 0 Å². The van der Waals surface area contributed by atoms with Gasteiger partial charge in [-0.05, 0) is 79.1 Å². The zero-order valence-corrected chi connectivity index (χ0v) is 22.3. The van der Waals surface area contributed by atoms with Crippen LogP contribution in [-0.2, 0) is 11.2 Å². The zero-order chi connectivity index (χ0) is 26.6. The summed E-state index contributed by atoms with van der Waals surface area (Å²) in [4.78, 5) is 16.9. The molecule has 192 valence electrons. The van der Waals surface area contributed by atoms with Gasteiger partial charge in [0.25, 0.3) is 5.91 Å². The molecule has 0 bridgehead atoms. The number of nitrogens with one attached hydrogen (secondary N) is 1. The molecule has 0 radical (unpaired) electrons. The number of amidine groups is 2. The number of thioether (sulfide) groups is 1. The minimum Gasteiger partial charge on any atom is -0.490 e. The van der Waals surface area contributed by atoms with Crippen molar-refractivity contribution in [1.82, 2.24) is 5.01 Å². The Kier molecular flexibility index (Phi) is 7.42. The lowest BCUT2D eigenvalue weighted by Gasteiger charge is -2.20. The molecule has 3 aromatic rings. The first-order valence-electron chi connectivity index (χ1n) is 12.4. The molecule has 5 rings (SSSR count). The lowest BCUT2D eigenvalue weighted by atomic mass is 10.1. The number of hydrogen-bond donors (Lipinski definition) is 1. The van der Waals surface area contributed by atoms with E-state index in [1.807, 2.05) is 61.5 Å². The molecule has 0 saturated carbocycles. The number of nitrogens with zero attached hydrogens (tertiary/aromatic N) is 3. The van der Waals surface area contributed by atoms with E-state index in [-0.39, 0.29) is 11.4 Å². The van der Waals surface area contributed by atoms with Crippen molar-refractivity contribution in [3.63, 3.8) is 0 Å². The summed E-state index contributed by atoms with van der Waals surface area (Å²) in [6.45, 7) is 7.05. The van der Waals surface area contributed by atoms with Gasteiger partial charge < -0.3 is 9.47 Å². The Labute approximate surface area is 226 Å². The van der Waals surface area contributed by atoms with Crippen LogP contribution in [0.25, 0.3) is 6.08 Å². The van der Waals surface area contributed by atoms with Gasteiger partial charge in [-0.3, -0.25) is 10.2 Å². The van der Waals surface area contributed by atoms with Crippen LogP contribution in [0.4, 0.5) is 0 Å². The predicted octanol–water partition coefficient (Wildman–Crippen LogP) is 5.99. The van der Waals surface area contributed by atoms with Gasteiger partial charge in [0.2, 0.25) is 5.17 Å². The van der Waals surface area contributed by atoms with Crippen molar-refractivity contribution in [3.05, 3.63) is 100 Å². The monoisotopic (exact) mass is 524 g/mol. The minimum absolute atomic E-state index is 0.00876. The molecule has 0 atom stereocenters. The van der Waals surface area contributed by atoms with Crippen LogP contribution < -0.4 is 9.47 Å². The summed E-state index contributed by atoms with van der Waals surface area (Å²) >= 11 is 1.29. The summed E-state index contributed by atoms with van der Waals surface area (Å²) in [5.74, 6) is 1.11. The molecule has 0 fully saturated rings. The molecule has 1 N–H and O–H groups in total. The van der Waals surface area contributed by atoms with E-state index in [1.165, 1.54) is 27.9 Å². The van der Waals surface area contributed by atoms with E-state index in [4.69, 9.17) is 14.9 Å². The molecule has 0 unspecified atom stereocenters. The van der Waals surface area contributed by atoms with Gasteiger partial charge in [-0.1, -0.05) is 55.0 Å². The maximum absolute atomic E-state index is 12.7. The number of aliphatic imine (C=N–C) groups is 1. The second kappa shape index (κ2) is 11.1. The van der Waals surface area contributed by atoms with Crippen LogP contribution in [0.2, 0.25) is 0 Å². The standard InChI is InChI=1S/C30H28N4O3S/c1-4-21-15-20(3)16-25(17-21)37-14-13-36-24-11-7-22(8-12-24)18-26-27(31)34-30(32-28(26)35)38-29(33-34)23-9-5-19(2)6-10-23/h5-12,15-18,31H,4,13-14H2,1-3H3. The number of rotatable bonds is 8. The van der Waals surface area contributed by atoms with Crippen LogP contribution in [0.3, 0.4) is 0 Å². The van der Waals surface area contributed by atoms with Crippen LogP contribution in [0, 0.1) is 19.3 Å². The molecule has 2 heterocycles. The Morgan fingerprint density at radius 2 is 1.63 bits per heavy atom. The predicted molar refractivity (Wildman–Crippen MR) is 153 cm³/mol. The highest BCUT2D eigenvalue weighted by Gasteiger charge is 2.36. The summed E-state index contributed by atoms with van der Waals surface area (Å²) in [5.41, 5.74) is 5.46. The van der Waals surface area contributed by atoms with Gasteiger partial charge in [0.05, 0.1) is 5.57 Å². The number of hydrazone groups is 1. The lowest BCUT2D eigenvalue weighted by molar-refractivity contribution is -0.114. The summed E-state index contributed by atoms with van der Waals surface area (Å²) < 4.78 is 11.7. The Balaban J connectivity index is 1.21. The average molecular weight is 525 g/mol. The van der Waals surface area contributed by atoms with E-state index in [1.54, 1.807) is 6.08 Å². The zero-order valence-electron chi connectivity index (χ0n) is 21.5. The molecule has 0 aliphatic carbocycles. The van der Waals surface area contributed by atoms with Crippen LogP contribution in [0.1, 0.15) is 34.7 Å². The van der Waals surface area contributed by atoms with E-state index in [0.717, 1.165) is 28.9 Å². The maximum Gasteiger partial charge on any atom is 0.283 e. The lowest BCUT2D eigenvalue weighted by Crippen LogP contribution is -2.35. The molecule has 3 aromatic carbocycles. The van der Waals surface area contributed by atoms with Crippen LogP contribution in [-0.4, -0.2) is 40.2 Å². The van der Waals surface area contributed by atoms with Crippen molar-refractivity contribution in [2.24, 2.45) is 10.1 Å². The van der Waals surface area contributed by atoms with Gasteiger partial charge in [0, 0.05) is 5.56 Å². The fourth-order valence-electron chi connectivity index (χ4n) is 4.06.